The van der Waals surface area contributed by atoms with E-state index < -0.39 is 0 Å². The molecule has 0 unspecified atom stereocenters. The third kappa shape index (κ3) is 5.23. The number of hydrogen-bond acceptors (Lipinski definition) is 10. The molecule has 0 atom stereocenters. The van der Waals surface area contributed by atoms with Gasteiger partial charge in [0.05, 0.1) is 33.1 Å². The Morgan fingerprint density at radius 1 is 0.941 bits per heavy atom. The molecule has 1 N–H and O–H groups in total. The number of ether oxygens (including phenoxy) is 3. The Morgan fingerprint density at radius 3 is 2.24 bits per heavy atom. The molecule has 0 aliphatic rings. The summed E-state index contributed by atoms with van der Waals surface area (Å²) in [6.45, 7) is 0. The van der Waals surface area contributed by atoms with Crippen LogP contribution in [0.1, 0.15) is 0 Å². The zero-order valence-electron chi connectivity index (χ0n) is 18.6. The maximum atomic E-state index is 12.6. The number of anilines is 1. The molecule has 4 aromatic rings. The van der Waals surface area contributed by atoms with Gasteiger partial charge in [0.1, 0.15) is 5.75 Å². The molecule has 0 bridgehead atoms. The van der Waals surface area contributed by atoms with Crippen molar-refractivity contribution in [2.75, 3.05) is 32.4 Å². The van der Waals surface area contributed by atoms with Gasteiger partial charge in [-0.2, -0.15) is 9.97 Å². The van der Waals surface area contributed by atoms with E-state index in [-0.39, 0.29) is 29.4 Å². The number of aromatic nitrogens is 6. The number of carbonyl (C=O) groups is 1. The summed E-state index contributed by atoms with van der Waals surface area (Å²) in [5.74, 6) is 1.70. The number of pyridine rings is 1. The lowest BCUT2D eigenvalue weighted by Crippen LogP contribution is -2.17. The number of hydrogen-bond donors (Lipinski definition) is 1. The highest BCUT2D eigenvalue weighted by molar-refractivity contribution is 7.99. The summed E-state index contributed by atoms with van der Waals surface area (Å²) in [6.07, 6.45) is 3.37. The van der Waals surface area contributed by atoms with E-state index in [2.05, 4.69) is 30.5 Å². The molecule has 1 amide bonds. The zero-order valence-corrected chi connectivity index (χ0v) is 19.4. The molecule has 1 aromatic carbocycles. The molecule has 3 aromatic heterocycles. The molecule has 34 heavy (non-hydrogen) atoms. The van der Waals surface area contributed by atoms with Gasteiger partial charge in [0, 0.05) is 23.6 Å². The minimum Gasteiger partial charge on any atom is -0.497 e. The number of nitrogens with zero attached hydrogens (tertiary/aromatic N) is 6. The maximum absolute atomic E-state index is 12.6. The number of amides is 1. The van der Waals surface area contributed by atoms with Gasteiger partial charge in [0.15, 0.2) is 11.0 Å². The van der Waals surface area contributed by atoms with Crippen LogP contribution in [0.3, 0.4) is 0 Å². The van der Waals surface area contributed by atoms with Crippen molar-refractivity contribution in [3.8, 4) is 34.6 Å². The average Bonchev–Trinajstić information content (AvgIpc) is 3.31. The molecule has 0 saturated heterocycles. The van der Waals surface area contributed by atoms with Gasteiger partial charge in [-0.3, -0.25) is 19.7 Å². The van der Waals surface area contributed by atoms with Crippen molar-refractivity contribution >= 4 is 23.6 Å². The summed E-state index contributed by atoms with van der Waals surface area (Å²) in [6, 6.07) is 12.7. The van der Waals surface area contributed by atoms with Crippen molar-refractivity contribution in [1.82, 2.24) is 29.7 Å². The third-order valence-corrected chi connectivity index (χ3v) is 5.51. The molecule has 12 heteroatoms. The second kappa shape index (κ2) is 10.6. The minimum absolute atomic E-state index is 0.0491. The van der Waals surface area contributed by atoms with Crippen LogP contribution >= 0.6 is 11.8 Å². The number of thioether (sulfide) groups is 1. The quantitative estimate of drug-likeness (QED) is 0.358. The van der Waals surface area contributed by atoms with Crippen LogP contribution in [0.25, 0.3) is 17.1 Å². The topological polar surface area (TPSA) is 126 Å². The van der Waals surface area contributed by atoms with E-state index in [1.807, 2.05) is 41.0 Å². The highest BCUT2D eigenvalue weighted by atomic mass is 32.2. The van der Waals surface area contributed by atoms with Crippen LogP contribution in [-0.2, 0) is 4.79 Å². The van der Waals surface area contributed by atoms with Gasteiger partial charge in [-0.15, -0.1) is 10.2 Å². The fourth-order valence-corrected chi connectivity index (χ4v) is 3.73. The van der Waals surface area contributed by atoms with Crippen LogP contribution in [0.5, 0.6) is 17.5 Å². The summed E-state index contributed by atoms with van der Waals surface area (Å²) in [5, 5.41) is 11.9. The van der Waals surface area contributed by atoms with Crippen molar-refractivity contribution in [1.29, 1.82) is 0 Å². The molecule has 3 heterocycles. The second-order valence-electron chi connectivity index (χ2n) is 6.69. The lowest BCUT2D eigenvalue weighted by atomic mass is 10.2. The number of nitrogens with one attached hydrogen (secondary N) is 1. The van der Waals surface area contributed by atoms with Gasteiger partial charge >= 0.3 is 0 Å². The number of methoxy groups -OCH3 is 3. The first kappa shape index (κ1) is 23.0. The lowest BCUT2D eigenvalue weighted by molar-refractivity contribution is -0.113. The highest BCUT2D eigenvalue weighted by Gasteiger charge is 2.18. The Kier molecular flexibility index (Phi) is 7.18. The first-order chi connectivity index (χ1) is 16.6. The molecule has 0 saturated carbocycles. The Balaban J connectivity index is 1.57. The molecule has 174 valence electrons. The Hall–Kier alpha value is -4.19. The molecular weight excluding hydrogens is 458 g/mol. The SMILES string of the molecule is COc1ccc(-n2c(SCC(=O)Nc3nc(OC)cc(OC)n3)nnc2-c2ccncc2)cc1. The van der Waals surface area contributed by atoms with Crippen LogP contribution in [0.4, 0.5) is 5.95 Å². The molecule has 4 rings (SSSR count). The molecule has 0 fully saturated rings. The first-order valence-electron chi connectivity index (χ1n) is 10.0. The number of rotatable bonds is 9. The van der Waals surface area contributed by atoms with Gasteiger partial charge in [0.2, 0.25) is 23.6 Å². The van der Waals surface area contributed by atoms with E-state index in [4.69, 9.17) is 14.2 Å². The van der Waals surface area contributed by atoms with Crippen molar-refractivity contribution in [3.05, 3.63) is 54.9 Å². The van der Waals surface area contributed by atoms with Crippen molar-refractivity contribution in [3.63, 3.8) is 0 Å². The van der Waals surface area contributed by atoms with Crippen LogP contribution in [-0.4, -0.2) is 62.7 Å². The third-order valence-electron chi connectivity index (χ3n) is 4.58. The van der Waals surface area contributed by atoms with Gasteiger partial charge in [0.25, 0.3) is 0 Å². The van der Waals surface area contributed by atoms with Crippen molar-refractivity contribution in [2.45, 2.75) is 5.16 Å². The van der Waals surface area contributed by atoms with E-state index >= 15 is 0 Å². The summed E-state index contributed by atoms with van der Waals surface area (Å²) < 4.78 is 17.4. The average molecular weight is 480 g/mol. The molecule has 0 aliphatic carbocycles. The van der Waals surface area contributed by atoms with E-state index in [1.165, 1.54) is 32.0 Å². The first-order valence-corrected chi connectivity index (χ1v) is 11.0. The Morgan fingerprint density at radius 2 is 1.62 bits per heavy atom. The predicted molar refractivity (Wildman–Crippen MR) is 126 cm³/mol. The second-order valence-corrected chi connectivity index (χ2v) is 7.63. The monoisotopic (exact) mass is 479 g/mol. The fourth-order valence-electron chi connectivity index (χ4n) is 2.98. The summed E-state index contributed by atoms with van der Waals surface area (Å²) in [5.41, 5.74) is 1.66. The summed E-state index contributed by atoms with van der Waals surface area (Å²) >= 11 is 1.23. The fraction of sp³-hybridized carbons (Fsp3) is 0.182. The van der Waals surface area contributed by atoms with Crippen LogP contribution < -0.4 is 19.5 Å². The van der Waals surface area contributed by atoms with Gasteiger partial charge < -0.3 is 14.2 Å². The van der Waals surface area contributed by atoms with Crippen molar-refractivity contribution in [2.24, 2.45) is 0 Å². The van der Waals surface area contributed by atoms with E-state index in [0.29, 0.717) is 11.0 Å². The van der Waals surface area contributed by atoms with E-state index in [9.17, 15) is 4.79 Å². The molecule has 0 radical (unpaired) electrons. The summed E-state index contributed by atoms with van der Waals surface area (Å²) in [7, 11) is 4.54. The minimum atomic E-state index is -0.324. The molecule has 0 aliphatic heterocycles. The standard InChI is InChI=1S/C22H21N7O4S/c1-31-16-6-4-15(5-7-16)29-20(14-8-10-23-11-9-14)27-28-22(29)34-13-17(30)24-21-25-18(32-2)12-19(26-21)33-3/h4-12H,13H2,1-3H3,(H,24,25,26,30). The normalized spacial score (nSPS) is 10.6. The Labute approximate surface area is 199 Å². The van der Waals surface area contributed by atoms with E-state index in [1.54, 1.807) is 19.5 Å². The largest absolute Gasteiger partial charge is 0.497 e. The van der Waals surface area contributed by atoms with Gasteiger partial charge in [-0.1, -0.05) is 11.8 Å². The van der Waals surface area contributed by atoms with Crippen molar-refractivity contribution < 1.29 is 19.0 Å². The van der Waals surface area contributed by atoms with Crippen LogP contribution in [0.2, 0.25) is 0 Å². The maximum Gasteiger partial charge on any atom is 0.237 e. The smallest absolute Gasteiger partial charge is 0.237 e. The van der Waals surface area contributed by atoms with Gasteiger partial charge in [-0.25, -0.2) is 0 Å². The van der Waals surface area contributed by atoms with E-state index in [0.717, 1.165) is 17.0 Å². The molecule has 11 nitrogen and oxygen atoms in total. The molecule has 0 spiro atoms. The summed E-state index contributed by atoms with van der Waals surface area (Å²) in [4.78, 5) is 24.9. The molecular formula is C22H21N7O4S. The lowest BCUT2D eigenvalue weighted by Gasteiger charge is -2.11. The van der Waals surface area contributed by atoms with Gasteiger partial charge in [-0.05, 0) is 36.4 Å². The zero-order chi connectivity index (χ0) is 23.9. The Bertz CT molecular complexity index is 1240. The predicted octanol–water partition coefficient (Wildman–Crippen LogP) is 2.88. The number of benzene rings is 1. The highest BCUT2D eigenvalue weighted by Crippen LogP contribution is 2.29. The van der Waals surface area contributed by atoms with Crippen LogP contribution in [0, 0.1) is 0 Å². The number of carbonyl (C=O) groups excluding carboxylic acids is 1. The van der Waals surface area contributed by atoms with Crippen LogP contribution in [0.15, 0.2) is 60.0 Å².